The molecule has 1 atom stereocenters. The topological polar surface area (TPSA) is 75.1 Å². The first-order valence-corrected chi connectivity index (χ1v) is 15.3. The molecule has 1 N–H and O–H groups in total. The number of pyridine rings is 1. The van der Waals surface area contributed by atoms with E-state index in [2.05, 4.69) is 29.2 Å². The van der Waals surface area contributed by atoms with Gasteiger partial charge in [0.25, 0.3) is 0 Å². The average Bonchev–Trinajstić information content (AvgIpc) is 3.07. The zero-order valence-corrected chi connectivity index (χ0v) is 24.5. The van der Waals surface area contributed by atoms with E-state index in [1.807, 2.05) is 72.8 Å². The van der Waals surface area contributed by atoms with Crippen molar-refractivity contribution in [2.45, 2.75) is 38.9 Å². The number of amides is 1. The quantitative estimate of drug-likeness (QED) is 0.222. The van der Waals surface area contributed by atoms with E-state index in [4.69, 9.17) is 14.5 Å². The van der Waals surface area contributed by atoms with Crippen LogP contribution in [-0.4, -0.2) is 47.3 Å². The lowest BCUT2D eigenvalue weighted by molar-refractivity contribution is 0.0990. The molecule has 2 aliphatic heterocycles. The highest BCUT2D eigenvalue weighted by atomic mass is 16.5. The van der Waals surface area contributed by atoms with E-state index >= 15 is 0 Å². The summed E-state index contributed by atoms with van der Waals surface area (Å²) in [5.41, 5.74) is 5.34. The predicted molar refractivity (Wildman–Crippen MR) is 168 cm³/mol. The third kappa shape index (κ3) is 7.28. The standard InChI is InChI=1S/C36H39N3O4/c40-36(41)39-21-7-12-31(24-39)29-19-22-38(23-20-29)32-15-13-30(14-16-32)33-17-18-34(42-25-27-8-3-1-4-9-27)37-35(33)43-26-28-10-5-2-6-11-28/h1-6,8-11,13-18,29,31H,7,12,19-26H2,(H,40,41)/t31-/m1/s1. The number of piperidine rings is 2. The summed E-state index contributed by atoms with van der Waals surface area (Å²) in [6, 6.07) is 32.8. The number of aromatic nitrogens is 1. The van der Waals surface area contributed by atoms with Gasteiger partial charge in [-0.2, -0.15) is 4.98 Å². The van der Waals surface area contributed by atoms with Crippen LogP contribution >= 0.6 is 0 Å². The number of ether oxygens (including phenoxy) is 2. The number of likely N-dealkylation sites (tertiary alicyclic amines) is 1. The molecule has 0 spiro atoms. The lowest BCUT2D eigenvalue weighted by atomic mass is 9.79. The molecule has 4 aromatic rings. The summed E-state index contributed by atoms with van der Waals surface area (Å²) >= 11 is 0. The fourth-order valence-corrected chi connectivity index (χ4v) is 6.34. The molecule has 0 aliphatic carbocycles. The van der Waals surface area contributed by atoms with Gasteiger partial charge in [0.1, 0.15) is 13.2 Å². The number of anilines is 1. The highest BCUT2D eigenvalue weighted by Crippen LogP contribution is 2.35. The number of carbonyl (C=O) groups is 1. The molecule has 0 saturated carbocycles. The molecule has 43 heavy (non-hydrogen) atoms. The number of rotatable bonds is 9. The van der Waals surface area contributed by atoms with E-state index in [0.29, 0.717) is 49.9 Å². The molecule has 7 heteroatoms. The number of hydrogen-bond donors (Lipinski definition) is 1. The molecular weight excluding hydrogens is 538 g/mol. The first-order chi connectivity index (χ1) is 21.1. The van der Waals surface area contributed by atoms with Crippen LogP contribution in [0.15, 0.2) is 97.1 Å². The van der Waals surface area contributed by atoms with Crippen molar-refractivity contribution >= 4 is 11.8 Å². The zero-order valence-electron chi connectivity index (χ0n) is 24.5. The Morgan fingerprint density at radius 3 is 2.05 bits per heavy atom. The summed E-state index contributed by atoms with van der Waals surface area (Å²) in [6.07, 6.45) is 3.55. The Kier molecular flexibility index (Phi) is 9.07. The molecule has 0 radical (unpaired) electrons. The van der Waals surface area contributed by atoms with Gasteiger partial charge in [0, 0.05) is 43.5 Å². The van der Waals surface area contributed by atoms with Gasteiger partial charge in [-0.15, -0.1) is 0 Å². The summed E-state index contributed by atoms with van der Waals surface area (Å²) in [4.78, 5) is 20.3. The third-order valence-corrected chi connectivity index (χ3v) is 8.76. The summed E-state index contributed by atoms with van der Waals surface area (Å²) in [7, 11) is 0. The van der Waals surface area contributed by atoms with Crippen LogP contribution in [0.4, 0.5) is 10.5 Å². The van der Waals surface area contributed by atoms with E-state index < -0.39 is 6.09 Å². The maximum atomic E-state index is 11.5. The van der Waals surface area contributed by atoms with Crippen LogP contribution in [0.25, 0.3) is 11.1 Å². The first-order valence-electron chi connectivity index (χ1n) is 15.3. The minimum absolute atomic E-state index is 0.418. The van der Waals surface area contributed by atoms with Crippen LogP contribution < -0.4 is 14.4 Å². The maximum Gasteiger partial charge on any atom is 0.407 e. The van der Waals surface area contributed by atoms with Gasteiger partial charge in [0.05, 0.1) is 0 Å². The van der Waals surface area contributed by atoms with Crippen LogP contribution in [0.2, 0.25) is 0 Å². The Morgan fingerprint density at radius 1 is 0.744 bits per heavy atom. The second-order valence-electron chi connectivity index (χ2n) is 11.6. The van der Waals surface area contributed by atoms with Crippen LogP contribution in [0.3, 0.4) is 0 Å². The largest absolute Gasteiger partial charge is 0.473 e. The van der Waals surface area contributed by atoms with Crippen LogP contribution in [0.1, 0.15) is 36.8 Å². The van der Waals surface area contributed by atoms with Crippen molar-refractivity contribution in [1.29, 1.82) is 0 Å². The molecular formula is C36H39N3O4. The Hall–Kier alpha value is -4.52. The molecule has 1 aromatic heterocycles. The maximum absolute atomic E-state index is 11.5. The summed E-state index contributed by atoms with van der Waals surface area (Å²) < 4.78 is 12.3. The van der Waals surface area contributed by atoms with E-state index in [1.165, 1.54) is 5.69 Å². The van der Waals surface area contributed by atoms with Gasteiger partial charge >= 0.3 is 6.09 Å². The molecule has 2 saturated heterocycles. The lowest BCUT2D eigenvalue weighted by Gasteiger charge is -2.40. The number of nitrogens with zero attached hydrogens (tertiary/aromatic N) is 3. The van der Waals surface area contributed by atoms with Crippen molar-refractivity contribution in [3.05, 3.63) is 108 Å². The minimum Gasteiger partial charge on any atom is -0.473 e. The van der Waals surface area contributed by atoms with Crippen molar-refractivity contribution in [3.63, 3.8) is 0 Å². The molecule has 0 bridgehead atoms. The van der Waals surface area contributed by atoms with Gasteiger partial charge < -0.3 is 24.4 Å². The Morgan fingerprint density at radius 2 is 1.40 bits per heavy atom. The molecule has 7 nitrogen and oxygen atoms in total. The summed E-state index contributed by atoms with van der Waals surface area (Å²) in [5.74, 6) is 2.15. The highest BCUT2D eigenvalue weighted by Gasteiger charge is 2.31. The Balaban J connectivity index is 1.13. The summed E-state index contributed by atoms with van der Waals surface area (Å²) in [5, 5.41) is 9.43. The Labute approximate surface area is 253 Å². The molecule has 2 fully saturated rings. The number of benzene rings is 3. The first kappa shape index (κ1) is 28.6. The van der Waals surface area contributed by atoms with E-state index in [0.717, 1.165) is 61.0 Å². The van der Waals surface area contributed by atoms with E-state index in [-0.39, 0.29) is 0 Å². The lowest BCUT2D eigenvalue weighted by Crippen LogP contribution is -2.44. The van der Waals surface area contributed by atoms with Gasteiger partial charge in [-0.1, -0.05) is 72.8 Å². The van der Waals surface area contributed by atoms with Gasteiger partial charge in [0.15, 0.2) is 0 Å². The van der Waals surface area contributed by atoms with Crippen molar-refractivity contribution in [1.82, 2.24) is 9.88 Å². The zero-order chi connectivity index (χ0) is 29.4. The molecule has 1 amide bonds. The fourth-order valence-electron chi connectivity index (χ4n) is 6.34. The number of hydrogen-bond acceptors (Lipinski definition) is 5. The summed E-state index contributed by atoms with van der Waals surface area (Å²) in [6.45, 7) is 4.21. The smallest absolute Gasteiger partial charge is 0.407 e. The van der Waals surface area contributed by atoms with Crippen LogP contribution in [0, 0.1) is 11.8 Å². The van der Waals surface area contributed by atoms with Gasteiger partial charge in [0.2, 0.25) is 11.8 Å². The normalized spacial score (nSPS) is 17.4. The molecule has 3 aromatic carbocycles. The van der Waals surface area contributed by atoms with Crippen molar-refractivity contribution in [2.24, 2.45) is 11.8 Å². The van der Waals surface area contributed by atoms with Gasteiger partial charge in [-0.25, -0.2) is 4.79 Å². The van der Waals surface area contributed by atoms with Crippen LogP contribution in [-0.2, 0) is 13.2 Å². The molecule has 2 aliphatic rings. The monoisotopic (exact) mass is 577 g/mol. The second kappa shape index (κ2) is 13.6. The van der Waals surface area contributed by atoms with Crippen molar-refractivity contribution < 1.29 is 19.4 Å². The second-order valence-corrected chi connectivity index (χ2v) is 11.6. The fraction of sp³-hybridized carbons (Fsp3) is 0.333. The average molecular weight is 578 g/mol. The van der Waals surface area contributed by atoms with Crippen molar-refractivity contribution in [2.75, 3.05) is 31.1 Å². The molecule has 3 heterocycles. The molecule has 0 unspecified atom stereocenters. The predicted octanol–water partition coefficient (Wildman–Crippen LogP) is 7.51. The SMILES string of the molecule is O=C(O)N1CCC[C@@H](C2CCN(c3ccc(-c4ccc(OCc5ccccc5)nc4OCc4ccccc4)cc3)CC2)C1. The Bertz CT molecular complexity index is 1470. The number of carboxylic acid groups (broad SMARTS) is 1. The van der Waals surface area contributed by atoms with Crippen LogP contribution in [0.5, 0.6) is 11.8 Å². The van der Waals surface area contributed by atoms with Crippen molar-refractivity contribution in [3.8, 4) is 22.9 Å². The van der Waals surface area contributed by atoms with E-state index in [9.17, 15) is 9.90 Å². The third-order valence-electron chi connectivity index (χ3n) is 8.76. The van der Waals surface area contributed by atoms with Gasteiger partial charge in [-0.05, 0) is 72.4 Å². The molecule has 222 valence electrons. The minimum atomic E-state index is -0.777. The van der Waals surface area contributed by atoms with Gasteiger partial charge in [-0.3, -0.25) is 0 Å². The highest BCUT2D eigenvalue weighted by molar-refractivity contribution is 5.71. The van der Waals surface area contributed by atoms with E-state index in [1.54, 1.807) is 4.90 Å². The molecule has 6 rings (SSSR count).